The lowest BCUT2D eigenvalue weighted by atomic mass is 9.96. The van der Waals surface area contributed by atoms with Gasteiger partial charge in [0.2, 0.25) is 15.9 Å². The van der Waals surface area contributed by atoms with Crippen LogP contribution in [0, 0.1) is 12.8 Å². The first-order valence-corrected chi connectivity index (χ1v) is 11.8. The van der Waals surface area contributed by atoms with E-state index in [9.17, 15) is 18.0 Å². The Bertz CT molecular complexity index is 1100. The molecule has 2 amide bonds. The predicted molar refractivity (Wildman–Crippen MR) is 122 cm³/mol. The van der Waals surface area contributed by atoms with Crippen molar-refractivity contribution in [2.24, 2.45) is 5.92 Å². The monoisotopic (exact) mass is 459 g/mol. The van der Waals surface area contributed by atoms with Crippen LogP contribution in [0.5, 0.6) is 5.75 Å². The van der Waals surface area contributed by atoms with Crippen molar-refractivity contribution < 1.29 is 22.7 Å². The summed E-state index contributed by atoms with van der Waals surface area (Å²) >= 11 is 0. The summed E-state index contributed by atoms with van der Waals surface area (Å²) in [6, 6.07) is 11.7. The van der Waals surface area contributed by atoms with Gasteiger partial charge in [-0.25, -0.2) is 12.7 Å². The number of anilines is 1. The average molecular weight is 460 g/mol. The van der Waals surface area contributed by atoms with E-state index in [1.54, 1.807) is 17.0 Å². The minimum Gasteiger partial charge on any atom is -0.495 e. The maximum atomic E-state index is 13.0. The third-order valence-corrected chi connectivity index (χ3v) is 7.40. The lowest BCUT2D eigenvalue weighted by Gasteiger charge is -2.32. The van der Waals surface area contributed by atoms with Crippen LogP contribution >= 0.6 is 0 Å². The Labute approximate surface area is 189 Å². The van der Waals surface area contributed by atoms with Crippen LogP contribution < -0.4 is 10.1 Å². The number of sulfonamides is 1. The van der Waals surface area contributed by atoms with Gasteiger partial charge in [-0.2, -0.15) is 0 Å². The molecule has 1 saturated heterocycles. The molecule has 0 aromatic heterocycles. The summed E-state index contributed by atoms with van der Waals surface area (Å²) < 4.78 is 31.4. The van der Waals surface area contributed by atoms with E-state index < -0.39 is 15.9 Å². The van der Waals surface area contributed by atoms with Gasteiger partial charge >= 0.3 is 0 Å². The van der Waals surface area contributed by atoms with Crippen LogP contribution in [-0.2, 0) is 14.8 Å². The molecule has 1 unspecified atom stereocenters. The second-order valence-corrected chi connectivity index (χ2v) is 10.2. The van der Waals surface area contributed by atoms with Crippen LogP contribution in [-0.4, -0.2) is 63.7 Å². The van der Waals surface area contributed by atoms with Gasteiger partial charge < -0.3 is 15.0 Å². The Balaban J connectivity index is 1.76. The van der Waals surface area contributed by atoms with Gasteiger partial charge in [0.1, 0.15) is 5.75 Å². The molecule has 1 heterocycles. The molecular formula is C23H29N3O5S. The fourth-order valence-corrected chi connectivity index (χ4v) is 4.57. The van der Waals surface area contributed by atoms with Crippen molar-refractivity contribution in [3.63, 3.8) is 0 Å². The first kappa shape index (κ1) is 23.7. The predicted octanol–water partition coefficient (Wildman–Crippen LogP) is 2.74. The summed E-state index contributed by atoms with van der Waals surface area (Å²) in [4.78, 5) is 27.6. The molecule has 0 aliphatic carbocycles. The molecule has 8 nitrogen and oxygen atoms in total. The van der Waals surface area contributed by atoms with Crippen LogP contribution in [0.15, 0.2) is 47.4 Å². The third-order valence-electron chi connectivity index (χ3n) is 5.59. The van der Waals surface area contributed by atoms with Crippen molar-refractivity contribution in [3.8, 4) is 5.75 Å². The van der Waals surface area contributed by atoms with E-state index in [0.717, 1.165) is 9.87 Å². The highest BCUT2D eigenvalue weighted by atomic mass is 32.2. The summed E-state index contributed by atoms with van der Waals surface area (Å²) in [5.41, 5.74) is 1.95. The van der Waals surface area contributed by atoms with Gasteiger partial charge in [0.15, 0.2) is 0 Å². The molecular weight excluding hydrogens is 430 g/mol. The van der Waals surface area contributed by atoms with Crippen molar-refractivity contribution >= 4 is 27.5 Å². The number of hydrogen-bond acceptors (Lipinski definition) is 5. The van der Waals surface area contributed by atoms with Crippen LogP contribution in [0.4, 0.5) is 5.69 Å². The largest absolute Gasteiger partial charge is 0.495 e. The number of benzene rings is 2. The molecule has 2 aromatic rings. The lowest BCUT2D eigenvalue weighted by molar-refractivity contribution is -0.121. The van der Waals surface area contributed by atoms with E-state index in [1.165, 1.54) is 39.4 Å². The number of methoxy groups -OCH3 is 1. The summed E-state index contributed by atoms with van der Waals surface area (Å²) in [6.45, 7) is 2.86. The number of likely N-dealkylation sites (tertiary alicyclic amines) is 1. The third kappa shape index (κ3) is 5.11. The minimum absolute atomic E-state index is 0.0541. The number of amides is 2. The van der Waals surface area contributed by atoms with E-state index in [-0.39, 0.29) is 22.4 Å². The van der Waals surface area contributed by atoms with Crippen molar-refractivity contribution in [1.82, 2.24) is 9.21 Å². The van der Waals surface area contributed by atoms with E-state index in [2.05, 4.69) is 5.32 Å². The molecule has 1 aliphatic rings. The molecule has 2 aromatic carbocycles. The smallest absolute Gasteiger partial charge is 0.253 e. The Morgan fingerprint density at radius 3 is 2.44 bits per heavy atom. The molecule has 9 heteroatoms. The van der Waals surface area contributed by atoms with E-state index in [4.69, 9.17) is 4.74 Å². The van der Waals surface area contributed by atoms with Gasteiger partial charge in [-0.15, -0.1) is 0 Å². The molecule has 0 radical (unpaired) electrons. The summed E-state index contributed by atoms with van der Waals surface area (Å²) in [5, 5.41) is 2.80. The number of aryl methyl sites for hydroxylation is 1. The van der Waals surface area contributed by atoms with E-state index in [1.807, 2.05) is 19.1 Å². The number of piperidine rings is 1. The van der Waals surface area contributed by atoms with Crippen LogP contribution in [0.2, 0.25) is 0 Å². The van der Waals surface area contributed by atoms with Gasteiger partial charge in [0, 0.05) is 32.7 Å². The second-order valence-electron chi connectivity index (χ2n) is 8.10. The van der Waals surface area contributed by atoms with Crippen molar-refractivity contribution in [2.75, 3.05) is 39.6 Å². The number of ether oxygens (including phenoxy) is 1. The zero-order valence-electron chi connectivity index (χ0n) is 18.8. The Kier molecular flexibility index (Phi) is 7.20. The normalized spacial score (nSPS) is 16.7. The Morgan fingerprint density at radius 2 is 1.81 bits per heavy atom. The van der Waals surface area contributed by atoms with Gasteiger partial charge in [-0.3, -0.25) is 9.59 Å². The van der Waals surface area contributed by atoms with E-state index in [0.29, 0.717) is 37.2 Å². The number of nitrogens with one attached hydrogen (secondary N) is 1. The zero-order valence-corrected chi connectivity index (χ0v) is 19.6. The first-order valence-electron chi connectivity index (χ1n) is 10.4. The van der Waals surface area contributed by atoms with Gasteiger partial charge in [-0.1, -0.05) is 17.7 Å². The molecule has 0 spiro atoms. The highest BCUT2D eigenvalue weighted by Gasteiger charge is 2.30. The minimum atomic E-state index is -3.67. The van der Waals surface area contributed by atoms with Crippen molar-refractivity contribution in [1.29, 1.82) is 0 Å². The maximum Gasteiger partial charge on any atom is 0.253 e. The number of rotatable bonds is 6. The molecule has 1 atom stereocenters. The standard InChI is InChI=1S/C23H29N3O5S/c1-16-7-9-17(10-8-16)23(28)26-13-5-6-18(15-26)22(27)24-20-14-19(11-12-21(20)31-4)32(29,30)25(2)3/h7-12,14,18H,5-6,13,15H2,1-4H3,(H,24,27). The highest BCUT2D eigenvalue weighted by Crippen LogP contribution is 2.30. The number of nitrogens with zero attached hydrogens (tertiary/aromatic N) is 2. The van der Waals surface area contributed by atoms with Gasteiger partial charge in [0.05, 0.1) is 23.6 Å². The summed E-state index contributed by atoms with van der Waals surface area (Å²) in [7, 11) is 0.675. The highest BCUT2D eigenvalue weighted by molar-refractivity contribution is 7.89. The number of carbonyl (C=O) groups is 2. The fourth-order valence-electron chi connectivity index (χ4n) is 3.65. The topological polar surface area (TPSA) is 96.0 Å². The number of carbonyl (C=O) groups excluding carboxylic acids is 2. The van der Waals surface area contributed by atoms with Crippen LogP contribution in [0.1, 0.15) is 28.8 Å². The van der Waals surface area contributed by atoms with Gasteiger partial charge in [-0.05, 0) is 50.1 Å². The molecule has 1 fully saturated rings. The Hall–Kier alpha value is -2.91. The first-order chi connectivity index (χ1) is 15.1. The molecule has 0 saturated carbocycles. The molecule has 1 aliphatic heterocycles. The van der Waals surface area contributed by atoms with Crippen LogP contribution in [0.3, 0.4) is 0 Å². The Morgan fingerprint density at radius 1 is 1.12 bits per heavy atom. The van der Waals surface area contributed by atoms with Crippen LogP contribution in [0.25, 0.3) is 0 Å². The molecule has 32 heavy (non-hydrogen) atoms. The van der Waals surface area contributed by atoms with Crippen molar-refractivity contribution in [2.45, 2.75) is 24.7 Å². The van der Waals surface area contributed by atoms with Crippen molar-refractivity contribution in [3.05, 3.63) is 53.6 Å². The molecule has 0 bridgehead atoms. The fraction of sp³-hybridized carbons (Fsp3) is 0.391. The van der Waals surface area contributed by atoms with Gasteiger partial charge in [0.25, 0.3) is 5.91 Å². The quantitative estimate of drug-likeness (QED) is 0.717. The maximum absolute atomic E-state index is 13.0. The second kappa shape index (κ2) is 9.70. The van der Waals surface area contributed by atoms with E-state index >= 15 is 0 Å². The average Bonchev–Trinajstić information content (AvgIpc) is 2.79. The molecule has 172 valence electrons. The summed E-state index contributed by atoms with van der Waals surface area (Å²) in [6.07, 6.45) is 1.35. The summed E-state index contributed by atoms with van der Waals surface area (Å²) in [5.74, 6) is -0.417. The number of hydrogen-bond donors (Lipinski definition) is 1. The molecule has 1 N–H and O–H groups in total. The lowest BCUT2D eigenvalue weighted by Crippen LogP contribution is -2.43. The molecule has 3 rings (SSSR count). The zero-order chi connectivity index (χ0) is 23.5. The SMILES string of the molecule is COc1ccc(S(=O)(=O)N(C)C)cc1NC(=O)C1CCCN(C(=O)c2ccc(C)cc2)C1.